The fraction of sp³-hybridized carbons (Fsp3) is 0.452. The SMILES string of the molecule is COCOc1ccccc1-c1cc2c3c([nH]c2nn1)CCN(c1ncc(N2CCN(C(=O)OC(C)(C)C)CC2)cn1)C3C. The summed E-state index contributed by atoms with van der Waals surface area (Å²) in [5.74, 6) is 1.38. The van der Waals surface area contributed by atoms with Gasteiger partial charge in [-0.05, 0) is 45.9 Å². The van der Waals surface area contributed by atoms with Crippen molar-refractivity contribution < 1.29 is 19.0 Å². The van der Waals surface area contributed by atoms with Gasteiger partial charge in [0.25, 0.3) is 0 Å². The summed E-state index contributed by atoms with van der Waals surface area (Å²) < 4.78 is 16.4. The van der Waals surface area contributed by atoms with E-state index < -0.39 is 5.60 Å². The number of aromatic amines is 1. The number of H-pyrrole nitrogens is 1. The van der Waals surface area contributed by atoms with Crippen LogP contribution in [0.15, 0.2) is 42.7 Å². The smallest absolute Gasteiger partial charge is 0.410 e. The van der Waals surface area contributed by atoms with Gasteiger partial charge in [-0.2, -0.15) is 0 Å². The molecule has 6 rings (SSSR count). The predicted molar refractivity (Wildman–Crippen MR) is 163 cm³/mol. The van der Waals surface area contributed by atoms with E-state index in [4.69, 9.17) is 24.2 Å². The molecule has 2 aliphatic heterocycles. The molecule has 0 bridgehead atoms. The van der Waals surface area contributed by atoms with Crippen molar-refractivity contribution >= 4 is 28.8 Å². The number of benzene rings is 1. The monoisotopic (exact) mass is 586 g/mol. The van der Waals surface area contributed by atoms with Crippen molar-refractivity contribution in [3.8, 4) is 17.0 Å². The van der Waals surface area contributed by atoms with Crippen LogP contribution in [0.5, 0.6) is 5.75 Å². The van der Waals surface area contributed by atoms with Crippen molar-refractivity contribution in [1.82, 2.24) is 30.0 Å². The Kier molecular flexibility index (Phi) is 7.78. The van der Waals surface area contributed by atoms with Crippen LogP contribution in [0.1, 0.15) is 45.0 Å². The Balaban J connectivity index is 1.18. The number of fused-ring (bicyclic) bond motifs is 3. The topological polar surface area (TPSA) is 122 Å². The summed E-state index contributed by atoms with van der Waals surface area (Å²) in [5.41, 5.74) is 5.13. The molecule has 12 heteroatoms. The number of nitrogens with one attached hydrogen (secondary N) is 1. The number of nitrogens with zero attached hydrogens (tertiary/aromatic N) is 7. The standard InChI is InChI=1S/C31H38N8O4/c1-20-27-23-16-25(22-8-6-7-9-26(22)42-19-41-5)35-36-28(23)34-24(27)10-11-39(20)29-32-17-21(18-33-29)37-12-14-38(15-13-37)30(40)43-31(2,3)4/h6-9,16-18,20H,10-15,19H2,1-5H3,(H,34,36). The lowest BCUT2D eigenvalue weighted by atomic mass is 9.97. The van der Waals surface area contributed by atoms with Crippen LogP contribution >= 0.6 is 0 Å². The normalized spacial score (nSPS) is 17.2. The molecule has 0 radical (unpaired) electrons. The van der Waals surface area contributed by atoms with E-state index in [2.05, 4.69) is 38.0 Å². The number of rotatable bonds is 6. The summed E-state index contributed by atoms with van der Waals surface area (Å²) in [5, 5.41) is 10.1. The summed E-state index contributed by atoms with van der Waals surface area (Å²) in [7, 11) is 1.60. The van der Waals surface area contributed by atoms with E-state index in [0.29, 0.717) is 37.9 Å². The summed E-state index contributed by atoms with van der Waals surface area (Å²) in [6.45, 7) is 11.3. The molecular weight excluding hydrogens is 548 g/mol. The highest BCUT2D eigenvalue weighted by Crippen LogP contribution is 2.38. The molecule has 4 aromatic rings. The number of anilines is 2. The van der Waals surface area contributed by atoms with Gasteiger partial charge < -0.3 is 33.9 Å². The third-order valence-electron chi connectivity index (χ3n) is 7.84. The molecule has 1 N–H and O–H groups in total. The fourth-order valence-electron chi connectivity index (χ4n) is 5.75. The molecule has 1 amide bonds. The zero-order valence-corrected chi connectivity index (χ0v) is 25.3. The molecule has 1 unspecified atom stereocenters. The summed E-state index contributed by atoms with van der Waals surface area (Å²) in [6.07, 6.45) is 4.31. The number of para-hydroxylation sites is 1. The Morgan fingerprint density at radius 3 is 2.51 bits per heavy atom. The van der Waals surface area contributed by atoms with Crippen molar-refractivity contribution in [1.29, 1.82) is 0 Å². The van der Waals surface area contributed by atoms with Gasteiger partial charge in [-0.1, -0.05) is 12.1 Å². The summed E-state index contributed by atoms with van der Waals surface area (Å²) in [6, 6.07) is 9.86. The number of amides is 1. The summed E-state index contributed by atoms with van der Waals surface area (Å²) in [4.78, 5) is 31.7. The molecule has 43 heavy (non-hydrogen) atoms. The molecule has 1 saturated heterocycles. The Labute approximate surface area is 251 Å². The van der Waals surface area contributed by atoms with E-state index in [1.807, 2.05) is 57.4 Å². The lowest BCUT2D eigenvalue weighted by Gasteiger charge is -2.37. The number of methoxy groups -OCH3 is 1. The van der Waals surface area contributed by atoms with Crippen LogP contribution in [0, 0.1) is 0 Å². The molecule has 3 aromatic heterocycles. The quantitative estimate of drug-likeness (QED) is 0.321. The van der Waals surface area contributed by atoms with E-state index in [-0.39, 0.29) is 18.9 Å². The van der Waals surface area contributed by atoms with Gasteiger partial charge in [-0.25, -0.2) is 14.8 Å². The molecule has 5 heterocycles. The number of hydrogen-bond donors (Lipinski definition) is 1. The highest BCUT2D eigenvalue weighted by molar-refractivity contribution is 5.86. The maximum atomic E-state index is 12.4. The number of hydrogen-bond acceptors (Lipinski definition) is 10. The maximum absolute atomic E-state index is 12.4. The zero-order chi connectivity index (χ0) is 30.1. The van der Waals surface area contributed by atoms with Gasteiger partial charge in [0.05, 0.1) is 29.8 Å². The van der Waals surface area contributed by atoms with E-state index in [1.54, 1.807) is 12.0 Å². The minimum Gasteiger partial charge on any atom is -0.467 e. The van der Waals surface area contributed by atoms with Crippen molar-refractivity contribution in [2.75, 3.05) is 56.4 Å². The lowest BCUT2D eigenvalue weighted by molar-refractivity contribution is 0.0240. The predicted octanol–water partition coefficient (Wildman–Crippen LogP) is 4.58. The molecule has 1 aromatic carbocycles. The zero-order valence-electron chi connectivity index (χ0n) is 25.3. The van der Waals surface area contributed by atoms with Gasteiger partial charge in [0.15, 0.2) is 12.4 Å². The van der Waals surface area contributed by atoms with Gasteiger partial charge in [0, 0.05) is 68.5 Å². The third kappa shape index (κ3) is 5.92. The van der Waals surface area contributed by atoms with E-state index in [1.165, 1.54) is 5.56 Å². The van der Waals surface area contributed by atoms with Crippen molar-refractivity contribution in [2.24, 2.45) is 0 Å². The van der Waals surface area contributed by atoms with E-state index in [0.717, 1.165) is 46.6 Å². The first-order valence-corrected chi connectivity index (χ1v) is 14.6. The molecule has 0 saturated carbocycles. The van der Waals surface area contributed by atoms with Crippen molar-refractivity contribution in [2.45, 2.75) is 45.8 Å². The Bertz CT molecular complexity index is 1590. The highest BCUT2D eigenvalue weighted by Gasteiger charge is 2.31. The fourth-order valence-corrected chi connectivity index (χ4v) is 5.75. The molecule has 2 aliphatic rings. The van der Waals surface area contributed by atoms with Gasteiger partial charge in [0.2, 0.25) is 5.95 Å². The molecule has 1 atom stereocenters. The van der Waals surface area contributed by atoms with E-state index >= 15 is 0 Å². The van der Waals surface area contributed by atoms with Crippen LogP contribution in [0.3, 0.4) is 0 Å². The molecule has 12 nitrogen and oxygen atoms in total. The van der Waals surface area contributed by atoms with Crippen LogP contribution in [0.2, 0.25) is 0 Å². The van der Waals surface area contributed by atoms with Crippen LogP contribution in [-0.4, -0.2) is 88.4 Å². The average Bonchev–Trinajstić information content (AvgIpc) is 3.38. The van der Waals surface area contributed by atoms with Crippen molar-refractivity contribution in [3.05, 3.63) is 54.0 Å². The first-order chi connectivity index (χ1) is 20.7. The van der Waals surface area contributed by atoms with Gasteiger partial charge in [-0.3, -0.25) is 0 Å². The first kappa shape index (κ1) is 28.7. The molecule has 226 valence electrons. The third-order valence-corrected chi connectivity index (χ3v) is 7.84. The Hall–Kier alpha value is -4.45. The number of piperazine rings is 1. The first-order valence-electron chi connectivity index (χ1n) is 14.6. The molecular formula is C31H38N8O4. The molecule has 0 aliphatic carbocycles. The van der Waals surface area contributed by atoms with Gasteiger partial charge in [-0.15, -0.1) is 10.2 Å². The second-order valence-corrected chi connectivity index (χ2v) is 11.9. The highest BCUT2D eigenvalue weighted by atomic mass is 16.7. The maximum Gasteiger partial charge on any atom is 0.410 e. The van der Waals surface area contributed by atoms with Crippen LogP contribution in [0.25, 0.3) is 22.3 Å². The van der Waals surface area contributed by atoms with Crippen LogP contribution in [-0.2, 0) is 15.9 Å². The lowest BCUT2D eigenvalue weighted by Crippen LogP contribution is -2.50. The van der Waals surface area contributed by atoms with Crippen molar-refractivity contribution in [3.63, 3.8) is 0 Å². The second kappa shape index (κ2) is 11.7. The van der Waals surface area contributed by atoms with Gasteiger partial charge in [0.1, 0.15) is 11.4 Å². The number of ether oxygens (including phenoxy) is 3. The molecule has 1 fully saturated rings. The Morgan fingerprint density at radius 2 is 1.79 bits per heavy atom. The minimum absolute atomic E-state index is 0.0257. The minimum atomic E-state index is -0.503. The average molecular weight is 587 g/mol. The summed E-state index contributed by atoms with van der Waals surface area (Å²) >= 11 is 0. The second-order valence-electron chi connectivity index (χ2n) is 11.9. The van der Waals surface area contributed by atoms with E-state index in [9.17, 15) is 4.79 Å². The number of aromatic nitrogens is 5. The van der Waals surface area contributed by atoms with Crippen LogP contribution in [0.4, 0.5) is 16.4 Å². The number of carbonyl (C=O) groups is 1. The molecule has 0 spiro atoms. The Morgan fingerprint density at radius 1 is 1.05 bits per heavy atom. The van der Waals surface area contributed by atoms with Gasteiger partial charge >= 0.3 is 6.09 Å². The largest absolute Gasteiger partial charge is 0.467 e. The number of carbonyl (C=O) groups excluding carboxylic acids is 1. The van der Waals surface area contributed by atoms with Crippen LogP contribution < -0.4 is 14.5 Å².